The van der Waals surface area contributed by atoms with E-state index in [4.69, 9.17) is 0 Å². The van der Waals surface area contributed by atoms with Gasteiger partial charge in [-0.25, -0.2) is 13.1 Å². The molecule has 0 aromatic carbocycles. The number of thiazole rings is 1. The molecule has 0 saturated heterocycles. The Morgan fingerprint density at radius 2 is 2.11 bits per heavy atom. The zero-order valence-corrected chi connectivity index (χ0v) is 12.2. The first-order chi connectivity index (χ1) is 8.38. The minimum Gasteiger partial charge on any atom is -0.315 e. The van der Waals surface area contributed by atoms with Gasteiger partial charge in [-0.3, -0.25) is 4.79 Å². The van der Waals surface area contributed by atoms with E-state index in [2.05, 4.69) is 16.6 Å². The van der Waals surface area contributed by atoms with E-state index in [1.54, 1.807) is 6.92 Å². The van der Waals surface area contributed by atoms with Crippen LogP contribution in [0.1, 0.15) is 38.3 Å². The molecule has 0 aliphatic heterocycles. The average molecular weight is 290 g/mol. The molecule has 7 heteroatoms. The van der Waals surface area contributed by atoms with Crippen LogP contribution in [0.3, 0.4) is 0 Å². The second-order valence-corrected chi connectivity index (χ2v) is 7.91. The van der Waals surface area contributed by atoms with Gasteiger partial charge in [-0.1, -0.05) is 31.1 Å². The Labute approximate surface area is 111 Å². The van der Waals surface area contributed by atoms with Crippen molar-refractivity contribution in [3.8, 4) is 0 Å². The molecule has 1 heterocycles. The Hall–Kier alpha value is -0.660. The van der Waals surface area contributed by atoms with E-state index in [0.29, 0.717) is 11.6 Å². The Morgan fingerprint density at radius 3 is 2.67 bits per heavy atom. The second-order valence-electron chi connectivity index (χ2n) is 5.02. The molecular formula is C11H18N2O3S2. The highest BCUT2D eigenvalue weighted by Gasteiger charge is 2.27. The first-order valence-electron chi connectivity index (χ1n) is 6.10. The van der Waals surface area contributed by atoms with Gasteiger partial charge in [-0.15, -0.1) is 0 Å². The third-order valence-corrected chi connectivity index (χ3v) is 6.41. The Bertz CT molecular complexity index is 573. The van der Waals surface area contributed by atoms with Crippen molar-refractivity contribution < 1.29 is 8.42 Å². The SMILES string of the molecule is Cc1[nH]c(=O)sc1S(=O)(=O)NC1CCCC(C)C1. The maximum Gasteiger partial charge on any atom is 0.305 e. The van der Waals surface area contributed by atoms with Gasteiger partial charge in [0.25, 0.3) is 10.0 Å². The summed E-state index contributed by atoms with van der Waals surface area (Å²) in [6.45, 7) is 3.75. The van der Waals surface area contributed by atoms with Crippen LogP contribution in [0.25, 0.3) is 0 Å². The van der Waals surface area contributed by atoms with Crippen molar-refractivity contribution in [3.63, 3.8) is 0 Å². The normalized spacial score (nSPS) is 25.2. The van der Waals surface area contributed by atoms with E-state index in [-0.39, 0.29) is 15.1 Å². The summed E-state index contributed by atoms with van der Waals surface area (Å²) in [5.41, 5.74) is 0.418. The smallest absolute Gasteiger partial charge is 0.305 e. The average Bonchev–Trinajstić information content (AvgIpc) is 2.58. The number of sulfonamides is 1. The highest BCUT2D eigenvalue weighted by atomic mass is 32.2. The van der Waals surface area contributed by atoms with Crippen LogP contribution in [0.15, 0.2) is 9.00 Å². The molecule has 1 aromatic heterocycles. The fraction of sp³-hybridized carbons (Fsp3) is 0.727. The predicted octanol–water partition coefficient (Wildman–Crippen LogP) is 1.60. The topological polar surface area (TPSA) is 79.0 Å². The molecule has 102 valence electrons. The quantitative estimate of drug-likeness (QED) is 0.887. The molecule has 0 radical (unpaired) electrons. The maximum absolute atomic E-state index is 12.2. The van der Waals surface area contributed by atoms with Crippen molar-refractivity contribution in [2.45, 2.75) is 49.8 Å². The van der Waals surface area contributed by atoms with Crippen molar-refractivity contribution in [1.29, 1.82) is 0 Å². The number of nitrogens with one attached hydrogen (secondary N) is 2. The molecule has 2 N–H and O–H groups in total. The lowest BCUT2D eigenvalue weighted by molar-refractivity contribution is 0.327. The highest BCUT2D eigenvalue weighted by molar-refractivity contribution is 7.91. The van der Waals surface area contributed by atoms with Gasteiger partial charge >= 0.3 is 4.87 Å². The summed E-state index contributed by atoms with van der Waals surface area (Å²) in [6, 6.07) is -0.00430. The lowest BCUT2D eigenvalue weighted by Crippen LogP contribution is -2.37. The van der Waals surface area contributed by atoms with E-state index in [0.717, 1.165) is 37.0 Å². The fourth-order valence-electron chi connectivity index (χ4n) is 2.46. The first-order valence-corrected chi connectivity index (χ1v) is 8.40. The van der Waals surface area contributed by atoms with Crippen LogP contribution >= 0.6 is 11.3 Å². The molecule has 1 aromatic rings. The zero-order chi connectivity index (χ0) is 13.3. The Morgan fingerprint density at radius 1 is 1.39 bits per heavy atom. The van der Waals surface area contributed by atoms with Gasteiger partial charge in [0, 0.05) is 11.7 Å². The van der Waals surface area contributed by atoms with Crippen LogP contribution in [0.5, 0.6) is 0 Å². The van der Waals surface area contributed by atoms with Gasteiger partial charge in [-0.2, -0.15) is 0 Å². The minimum absolute atomic E-state index is 0.00430. The van der Waals surface area contributed by atoms with Crippen LogP contribution in [0.2, 0.25) is 0 Å². The van der Waals surface area contributed by atoms with Crippen molar-refractivity contribution in [2.75, 3.05) is 0 Å². The monoisotopic (exact) mass is 290 g/mol. The zero-order valence-electron chi connectivity index (χ0n) is 10.5. The summed E-state index contributed by atoms with van der Waals surface area (Å²) in [5, 5.41) is 0. The highest BCUT2D eigenvalue weighted by Crippen LogP contribution is 2.25. The van der Waals surface area contributed by atoms with Crippen LogP contribution < -0.4 is 9.60 Å². The van der Waals surface area contributed by atoms with Crippen molar-refractivity contribution in [3.05, 3.63) is 15.4 Å². The molecule has 0 spiro atoms. The molecule has 2 unspecified atom stereocenters. The molecule has 0 amide bonds. The number of aryl methyl sites for hydroxylation is 1. The molecule has 5 nitrogen and oxygen atoms in total. The fourth-order valence-corrected chi connectivity index (χ4v) is 5.06. The molecule has 0 bridgehead atoms. The van der Waals surface area contributed by atoms with Gasteiger partial charge in [0.05, 0.1) is 0 Å². The van der Waals surface area contributed by atoms with Crippen LogP contribution in [0, 0.1) is 12.8 Å². The number of hydrogen-bond donors (Lipinski definition) is 2. The van der Waals surface area contributed by atoms with Crippen molar-refractivity contribution >= 4 is 21.4 Å². The van der Waals surface area contributed by atoms with Gasteiger partial charge in [0.15, 0.2) is 4.21 Å². The summed E-state index contributed by atoms with van der Waals surface area (Å²) >= 11 is 0.749. The Kier molecular flexibility index (Phi) is 3.93. The number of aromatic amines is 1. The lowest BCUT2D eigenvalue weighted by atomic mass is 9.88. The molecule has 1 aliphatic carbocycles. The predicted molar refractivity (Wildman–Crippen MR) is 71.4 cm³/mol. The van der Waals surface area contributed by atoms with E-state index in [1.807, 2.05) is 0 Å². The first kappa shape index (κ1) is 13.8. The van der Waals surface area contributed by atoms with E-state index < -0.39 is 10.0 Å². The van der Waals surface area contributed by atoms with Crippen LogP contribution in [-0.2, 0) is 10.0 Å². The summed E-state index contributed by atoms with van der Waals surface area (Å²) in [6.07, 6.45) is 3.96. The van der Waals surface area contributed by atoms with Gasteiger partial charge in [-0.05, 0) is 25.7 Å². The molecule has 18 heavy (non-hydrogen) atoms. The number of H-pyrrole nitrogens is 1. The molecular weight excluding hydrogens is 272 g/mol. The second kappa shape index (κ2) is 5.14. The number of aromatic nitrogens is 1. The summed E-state index contributed by atoms with van der Waals surface area (Å²) in [4.78, 5) is 13.3. The van der Waals surface area contributed by atoms with E-state index >= 15 is 0 Å². The minimum atomic E-state index is -3.56. The van der Waals surface area contributed by atoms with Gasteiger partial charge in [0.1, 0.15) is 0 Å². The molecule has 2 rings (SSSR count). The molecule has 1 aliphatic rings. The Balaban J connectivity index is 2.17. The van der Waals surface area contributed by atoms with Gasteiger partial charge in [0.2, 0.25) is 0 Å². The summed E-state index contributed by atoms with van der Waals surface area (Å²) < 4.78 is 27.2. The summed E-state index contributed by atoms with van der Waals surface area (Å²) in [7, 11) is -3.56. The summed E-state index contributed by atoms with van der Waals surface area (Å²) in [5.74, 6) is 0.553. The molecule has 1 saturated carbocycles. The molecule has 1 fully saturated rings. The molecule has 2 atom stereocenters. The van der Waals surface area contributed by atoms with Crippen LogP contribution in [-0.4, -0.2) is 19.4 Å². The maximum atomic E-state index is 12.2. The van der Waals surface area contributed by atoms with Crippen molar-refractivity contribution in [2.24, 2.45) is 5.92 Å². The van der Waals surface area contributed by atoms with Gasteiger partial charge < -0.3 is 4.98 Å². The largest absolute Gasteiger partial charge is 0.315 e. The standard InChI is InChI=1S/C11H18N2O3S2/c1-7-4-3-5-9(6-7)13-18(15,16)10-8(2)12-11(14)17-10/h7,9,13H,3-6H2,1-2H3,(H,12,14). The number of rotatable bonds is 3. The lowest BCUT2D eigenvalue weighted by Gasteiger charge is -2.27. The van der Waals surface area contributed by atoms with Crippen molar-refractivity contribution in [1.82, 2.24) is 9.71 Å². The van der Waals surface area contributed by atoms with Crippen LogP contribution in [0.4, 0.5) is 0 Å². The van der Waals surface area contributed by atoms with E-state index in [1.165, 1.54) is 0 Å². The third-order valence-electron chi connectivity index (χ3n) is 3.28. The van der Waals surface area contributed by atoms with E-state index in [9.17, 15) is 13.2 Å². The third kappa shape index (κ3) is 3.02. The number of hydrogen-bond acceptors (Lipinski definition) is 4.